The van der Waals surface area contributed by atoms with E-state index >= 15 is 0 Å². The molecule has 0 radical (unpaired) electrons. The number of methoxy groups -OCH3 is 2. The number of carbonyl (C=O) groups is 1. The first-order valence-corrected chi connectivity index (χ1v) is 8.07. The van der Waals surface area contributed by atoms with E-state index in [2.05, 4.69) is 21.2 Å². The van der Waals surface area contributed by atoms with E-state index in [4.69, 9.17) is 9.47 Å². The monoisotopic (exact) mass is 373 g/mol. The molecule has 0 bridgehead atoms. The zero-order valence-corrected chi connectivity index (χ0v) is 15.1. The molecular formula is C16H24BrNO4. The molecule has 6 heteroatoms. The minimum Gasteiger partial charge on any atom is -0.493 e. The molecule has 0 saturated heterocycles. The average molecular weight is 374 g/mol. The highest BCUT2D eigenvalue weighted by atomic mass is 79.9. The number of hydrogen-bond acceptors (Lipinski definition) is 4. The van der Waals surface area contributed by atoms with Gasteiger partial charge in [-0.1, -0.05) is 29.8 Å². The van der Waals surface area contributed by atoms with Crippen molar-refractivity contribution >= 4 is 21.9 Å². The number of hydrogen-bond donors (Lipinski definition) is 2. The van der Waals surface area contributed by atoms with Gasteiger partial charge in [-0.3, -0.25) is 4.79 Å². The van der Waals surface area contributed by atoms with E-state index in [9.17, 15) is 9.90 Å². The minimum absolute atomic E-state index is 0.427. The average Bonchev–Trinajstić information content (AvgIpc) is 2.52. The van der Waals surface area contributed by atoms with Crippen molar-refractivity contribution in [3.8, 4) is 11.5 Å². The van der Waals surface area contributed by atoms with Crippen LogP contribution in [0, 0.1) is 5.41 Å². The van der Waals surface area contributed by atoms with Crippen LogP contribution < -0.4 is 14.8 Å². The van der Waals surface area contributed by atoms with Crippen LogP contribution in [0.5, 0.6) is 11.5 Å². The maximum absolute atomic E-state index is 11.5. The van der Waals surface area contributed by atoms with Gasteiger partial charge in [0.25, 0.3) is 0 Å². The Labute approximate surface area is 140 Å². The molecular weight excluding hydrogens is 350 g/mol. The quantitative estimate of drug-likeness (QED) is 0.693. The number of halogens is 1. The Bertz CT molecular complexity index is 515. The third-order valence-corrected chi connectivity index (χ3v) is 4.88. The normalized spacial score (nSPS) is 11.3. The summed E-state index contributed by atoms with van der Waals surface area (Å²) in [7, 11) is 3.18. The Hall–Kier alpha value is -1.27. The van der Waals surface area contributed by atoms with Gasteiger partial charge in [0.15, 0.2) is 11.5 Å². The molecule has 1 aromatic carbocycles. The topological polar surface area (TPSA) is 67.8 Å². The van der Waals surface area contributed by atoms with E-state index < -0.39 is 11.4 Å². The number of nitrogens with one attached hydrogen (secondary N) is 1. The molecule has 124 valence electrons. The lowest BCUT2D eigenvalue weighted by Gasteiger charge is -2.27. The van der Waals surface area contributed by atoms with Crippen LogP contribution in [-0.2, 0) is 11.3 Å². The van der Waals surface area contributed by atoms with Crippen LogP contribution in [0.2, 0.25) is 0 Å². The van der Waals surface area contributed by atoms with Gasteiger partial charge in [-0.25, -0.2) is 0 Å². The lowest BCUT2D eigenvalue weighted by Crippen LogP contribution is -2.40. The summed E-state index contributed by atoms with van der Waals surface area (Å²) in [5, 5.41) is 12.7. The molecule has 0 aliphatic heterocycles. The van der Waals surface area contributed by atoms with Gasteiger partial charge in [0.05, 0.1) is 19.6 Å². The Morgan fingerprint density at radius 3 is 2.23 bits per heavy atom. The van der Waals surface area contributed by atoms with E-state index in [0.29, 0.717) is 37.4 Å². The Balaban J connectivity index is 2.82. The van der Waals surface area contributed by atoms with E-state index in [0.717, 1.165) is 10.0 Å². The summed E-state index contributed by atoms with van der Waals surface area (Å²) in [6.07, 6.45) is 1.19. The molecule has 0 saturated carbocycles. The standard InChI is InChI=1S/C16H24BrNO4/c1-5-16(6-2,15(19)20)10-18-9-11-7-13(21-3)14(22-4)8-12(11)17/h7-8,18H,5-6,9-10H2,1-4H3,(H,19,20). The molecule has 0 aromatic heterocycles. The van der Waals surface area contributed by atoms with Crippen molar-refractivity contribution in [1.82, 2.24) is 5.32 Å². The first kappa shape index (κ1) is 18.8. The molecule has 1 rings (SSSR count). The molecule has 1 aromatic rings. The fourth-order valence-electron chi connectivity index (χ4n) is 2.35. The van der Waals surface area contributed by atoms with Gasteiger partial charge in [0, 0.05) is 17.6 Å². The van der Waals surface area contributed by atoms with Crippen LogP contribution in [0.25, 0.3) is 0 Å². The van der Waals surface area contributed by atoms with Crippen molar-refractivity contribution in [2.24, 2.45) is 5.41 Å². The number of aliphatic carboxylic acids is 1. The lowest BCUT2D eigenvalue weighted by atomic mass is 9.82. The van der Waals surface area contributed by atoms with Crippen molar-refractivity contribution in [2.75, 3.05) is 20.8 Å². The third kappa shape index (κ3) is 4.14. The van der Waals surface area contributed by atoms with E-state index in [1.54, 1.807) is 14.2 Å². The smallest absolute Gasteiger partial charge is 0.310 e. The van der Waals surface area contributed by atoms with Crippen LogP contribution in [0.3, 0.4) is 0 Å². The van der Waals surface area contributed by atoms with Gasteiger partial charge in [0.2, 0.25) is 0 Å². The second-order valence-corrected chi connectivity index (χ2v) is 6.05. The maximum atomic E-state index is 11.5. The first-order chi connectivity index (χ1) is 10.4. The van der Waals surface area contributed by atoms with Crippen molar-refractivity contribution in [3.05, 3.63) is 22.2 Å². The second kappa shape index (κ2) is 8.39. The zero-order valence-electron chi connectivity index (χ0n) is 13.5. The molecule has 5 nitrogen and oxygen atoms in total. The Kier molecular flexibility index (Phi) is 7.16. The fraction of sp³-hybridized carbons (Fsp3) is 0.562. The number of carboxylic acids is 1. The summed E-state index contributed by atoms with van der Waals surface area (Å²) in [5.74, 6) is 0.550. The summed E-state index contributed by atoms with van der Waals surface area (Å²) >= 11 is 3.50. The molecule has 0 atom stereocenters. The van der Waals surface area contributed by atoms with E-state index in [-0.39, 0.29) is 0 Å². The summed E-state index contributed by atoms with van der Waals surface area (Å²) < 4.78 is 11.4. The molecule has 2 N–H and O–H groups in total. The number of ether oxygens (including phenoxy) is 2. The summed E-state index contributed by atoms with van der Waals surface area (Å²) in [6.45, 7) is 4.79. The van der Waals surface area contributed by atoms with E-state index in [1.165, 1.54) is 0 Å². The van der Waals surface area contributed by atoms with E-state index in [1.807, 2.05) is 26.0 Å². The van der Waals surface area contributed by atoms with Gasteiger partial charge in [-0.2, -0.15) is 0 Å². The molecule has 0 aliphatic carbocycles. The highest BCUT2D eigenvalue weighted by Crippen LogP contribution is 2.33. The number of benzene rings is 1. The van der Waals surface area contributed by atoms with Gasteiger partial charge in [-0.15, -0.1) is 0 Å². The fourth-order valence-corrected chi connectivity index (χ4v) is 2.81. The summed E-state index contributed by atoms with van der Waals surface area (Å²) in [4.78, 5) is 11.5. The van der Waals surface area contributed by atoms with Gasteiger partial charge < -0.3 is 19.9 Å². The molecule has 0 aliphatic rings. The summed E-state index contributed by atoms with van der Waals surface area (Å²) in [6, 6.07) is 3.73. The van der Waals surface area contributed by atoms with Crippen molar-refractivity contribution in [3.63, 3.8) is 0 Å². The van der Waals surface area contributed by atoms with Crippen LogP contribution in [-0.4, -0.2) is 31.8 Å². The van der Waals surface area contributed by atoms with Crippen LogP contribution in [0.4, 0.5) is 0 Å². The molecule has 0 amide bonds. The Morgan fingerprint density at radius 1 is 1.23 bits per heavy atom. The van der Waals surface area contributed by atoms with Crippen LogP contribution in [0.15, 0.2) is 16.6 Å². The predicted molar refractivity (Wildman–Crippen MR) is 89.6 cm³/mol. The van der Waals surface area contributed by atoms with Crippen LogP contribution in [0.1, 0.15) is 32.3 Å². The van der Waals surface area contributed by atoms with Crippen molar-refractivity contribution in [1.29, 1.82) is 0 Å². The molecule has 22 heavy (non-hydrogen) atoms. The highest BCUT2D eigenvalue weighted by Gasteiger charge is 2.34. The predicted octanol–water partition coefficient (Wildman–Crippen LogP) is 3.45. The van der Waals surface area contributed by atoms with Gasteiger partial charge in [-0.05, 0) is 30.5 Å². The maximum Gasteiger partial charge on any atom is 0.310 e. The highest BCUT2D eigenvalue weighted by molar-refractivity contribution is 9.10. The molecule has 0 fully saturated rings. The molecule has 0 spiro atoms. The molecule has 0 heterocycles. The summed E-state index contributed by atoms with van der Waals surface area (Å²) in [5.41, 5.74) is 0.271. The van der Waals surface area contributed by atoms with Gasteiger partial charge in [0.1, 0.15) is 0 Å². The SMILES string of the molecule is CCC(CC)(CNCc1cc(OC)c(OC)cc1Br)C(=O)O. The van der Waals surface area contributed by atoms with Crippen molar-refractivity contribution in [2.45, 2.75) is 33.2 Å². The first-order valence-electron chi connectivity index (χ1n) is 7.28. The zero-order chi connectivity index (χ0) is 16.8. The molecule has 0 unspecified atom stereocenters. The van der Waals surface area contributed by atoms with Gasteiger partial charge >= 0.3 is 5.97 Å². The lowest BCUT2D eigenvalue weighted by molar-refractivity contribution is -0.149. The van der Waals surface area contributed by atoms with Crippen molar-refractivity contribution < 1.29 is 19.4 Å². The second-order valence-electron chi connectivity index (χ2n) is 5.19. The number of carboxylic acid groups (broad SMARTS) is 1. The largest absolute Gasteiger partial charge is 0.493 e. The Morgan fingerprint density at radius 2 is 1.77 bits per heavy atom. The third-order valence-electron chi connectivity index (χ3n) is 4.14. The number of rotatable bonds is 9. The van der Waals surface area contributed by atoms with Crippen LogP contribution >= 0.6 is 15.9 Å². The minimum atomic E-state index is -0.753.